The topological polar surface area (TPSA) is 12.0 Å². The Labute approximate surface area is 74.8 Å². The van der Waals surface area contributed by atoms with Gasteiger partial charge in [-0.1, -0.05) is 19.4 Å². The number of hydrogen-bond donors (Lipinski definition) is 1. The Balaban J connectivity index is 2.85. The summed E-state index contributed by atoms with van der Waals surface area (Å²) in [6.07, 6.45) is 4.90. The standard InChI is InChI=1S/C9H18ClN/c1-9(2)11-8-6-4-3-5-7-10/h11H,1,3-8H2,2H3. The van der Waals surface area contributed by atoms with E-state index < -0.39 is 0 Å². The third kappa shape index (κ3) is 9.83. The first kappa shape index (κ1) is 10.8. The molecule has 0 aliphatic rings. The van der Waals surface area contributed by atoms with Gasteiger partial charge in [0.15, 0.2) is 0 Å². The van der Waals surface area contributed by atoms with Crippen molar-refractivity contribution in [3.05, 3.63) is 12.3 Å². The summed E-state index contributed by atoms with van der Waals surface area (Å²) in [4.78, 5) is 0. The highest BCUT2D eigenvalue weighted by atomic mass is 35.5. The summed E-state index contributed by atoms with van der Waals surface area (Å²) in [6, 6.07) is 0. The van der Waals surface area contributed by atoms with E-state index in [0.717, 1.165) is 24.5 Å². The van der Waals surface area contributed by atoms with Gasteiger partial charge >= 0.3 is 0 Å². The van der Waals surface area contributed by atoms with Gasteiger partial charge < -0.3 is 5.32 Å². The number of unbranched alkanes of at least 4 members (excludes halogenated alkanes) is 3. The van der Waals surface area contributed by atoms with Gasteiger partial charge in [-0.2, -0.15) is 0 Å². The number of rotatable bonds is 7. The summed E-state index contributed by atoms with van der Waals surface area (Å²) >= 11 is 5.54. The lowest BCUT2D eigenvalue weighted by molar-refractivity contribution is 0.637. The van der Waals surface area contributed by atoms with E-state index in [2.05, 4.69) is 11.9 Å². The van der Waals surface area contributed by atoms with Crippen LogP contribution in [0.5, 0.6) is 0 Å². The Morgan fingerprint density at radius 1 is 1.27 bits per heavy atom. The van der Waals surface area contributed by atoms with Crippen molar-refractivity contribution in [3.8, 4) is 0 Å². The van der Waals surface area contributed by atoms with E-state index in [-0.39, 0.29) is 0 Å². The third-order valence-electron chi connectivity index (χ3n) is 1.49. The van der Waals surface area contributed by atoms with Gasteiger partial charge in [-0.25, -0.2) is 0 Å². The van der Waals surface area contributed by atoms with Gasteiger partial charge in [-0.15, -0.1) is 11.6 Å². The molecule has 11 heavy (non-hydrogen) atoms. The van der Waals surface area contributed by atoms with Crippen LogP contribution in [0.1, 0.15) is 32.6 Å². The van der Waals surface area contributed by atoms with Crippen molar-refractivity contribution in [2.45, 2.75) is 32.6 Å². The van der Waals surface area contributed by atoms with Crippen molar-refractivity contribution in [2.24, 2.45) is 0 Å². The molecule has 0 aromatic carbocycles. The van der Waals surface area contributed by atoms with Crippen LogP contribution in [0.3, 0.4) is 0 Å². The van der Waals surface area contributed by atoms with Crippen LogP contribution in [-0.2, 0) is 0 Å². The second kappa shape index (κ2) is 7.93. The van der Waals surface area contributed by atoms with Crippen LogP contribution in [0.15, 0.2) is 12.3 Å². The van der Waals surface area contributed by atoms with Crippen molar-refractivity contribution < 1.29 is 0 Å². The van der Waals surface area contributed by atoms with Crippen LogP contribution in [-0.4, -0.2) is 12.4 Å². The molecule has 0 saturated heterocycles. The number of allylic oxidation sites excluding steroid dienone is 1. The Hall–Kier alpha value is -0.170. The maximum atomic E-state index is 5.54. The fourth-order valence-corrected chi connectivity index (χ4v) is 1.06. The van der Waals surface area contributed by atoms with Gasteiger partial charge in [0.2, 0.25) is 0 Å². The molecule has 0 spiro atoms. The van der Waals surface area contributed by atoms with Gasteiger partial charge in [0, 0.05) is 18.1 Å². The molecule has 1 nitrogen and oxygen atoms in total. The van der Waals surface area contributed by atoms with Crippen molar-refractivity contribution in [2.75, 3.05) is 12.4 Å². The molecule has 2 heteroatoms. The average molecular weight is 176 g/mol. The minimum Gasteiger partial charge on any atom is -0.389 e. The van der Waals surface area contributed by atoms with Crippen molar-refractivity contribution in [1.29, 1.82) is 0 Å². The SMILES string of the molecule is C=C(C)NCCCCCCCl. The Morgan fingerprint density at radius 3 is 2.45 bits per heavy atom. The van der Waals surface area contributed by atoms with Gasteiger partial charge in [0.05, 0.1) is 0 Å². The maximum Gasteiger partial charge on any atom is 0.0223 e. The fraction of sp³-hybridized carbons (Fsp3) is 0.778. The summed E-state index contributed by atoms with van der Waals surface area (Å²) in [6.45, 7) is 6.79. The third-order valence-corrected chi connectivity index (χ3v) is 1.75. The van der Waals surface area contributed by atoms with E-state index in [4.69, 9.17) is 11.6 Å². The first-order valence-corrected chi connectivity index (χ1v) is 4.76. The number of halogens is 1. The highest BCUT2D eigenvalue weighted by molar-refractivity contribution is 6.17. The Kier molecular flexibility index (Phi) is 7.81. The van der Waals surface area contributed by atoms with E-state index in [1.807, 2.05) is 6.92 Å². The molecular formula is C9H18ClN. The second-order valence-electron chi connectivity index (χ2n) is 2.81. The van der Waals surface area contributed by atoms with Crippen LogP contribution >= 0.6 is 11.6 Å². The number of alkyl halides is 1. The van der Waals surface area contributed by atoms with Crippen molar-refractivity contribution in [1.82, 2.24) is 5.32 Å². The van der Waals surface area contributed by atoms with Gasteiger partial charge in [0.25, 0.3) is 0 Å². The summed E-state index contributed by atoms with van der Waals surface area (Å²) in [5, 5.41) is 3.19. The highest BCUT2D eigenvalue weighted by Gasteiger charge is 1.88. The molecule has 0 unspecified atom stereocenters. The lowest BCUT2D eigenvalue weighted by Gasteiger charge is -2.03. The molecule has 0 saturated carbocycles. The molecule has 0 aliphatic carbocycles. The maximum absolute atomic E-state index is 5.54. The molecule has 0 rings (SSSR count). The lowest BCUT2D eigenvalue weighted by Crippen LogP contribution is -2.11. The fourth-order valence-electron chi connectivity index (χ4n) is 0.875. The molecule has 0 fully saturated rings. The van der Waals surface area contributed by atoms with E-state index >= 15 is 0 Å². The van der Waals surface area contributed by atoms with Gasteiger partial charge in [0.1, 0.15) is 0 Å². The molecular weight excluding hydrogens is 158 g/mol. The predicted molar refractivity (Wildman–Crippen MR) is 52.0 cm³/mol. The Bertz CT molecular complexity index is 102. The molecule has 0 aliphatic heterocycles. The zero-order valence-corrected chi connectivity index (χ0v) is 8.08. The summed E-state index contributed by atoms with van der Waals surface area (Å²) < 4.78 is 0. The van der Waals surface area contributed by atoms with E-state index in [1.54, 1.807) is 0 Å². The molecule has 1 N–H and O–H groups in total. The van der Waals surface area contributed by atoms with Crippen LogP contribution in [0.2, 0.25) is 0 Å². The minimum absolute atomic E-state index is 0.800. The predicted octanol–water partition coefficient (Wildman–Crippen LogP) is 2.91. The molecule has 0 aromatic heterocycles. The molecule has 0 heterocycles. The van der Waals surface area contributed by atoms with E-state index in [0.29, 0.717) is 0 Å². The van der Waals surface area contributed by atoms with Crippen LogP contribution < -0.4 is 5.32 Å². The van der Waals surface area contributed by atoms with Crippen molar-refractivity contribution >= 4 is 11.6 Å². The second-order valence-corrected chi connectivity index (χ2v) is 3.19. The minimum atomic E-state index is 0.800. The van der Waals surface area contributed by atoms with Crippen LogP contribution in [0, 0.1) is 0 Å². The normalized spacial score (nSPS) is 9.64. The largest absolute Gasteiger partial charge is 0.389 e. The first-order chi connectivity index (χ1) is 5.27. The van der Waals surface area contributed by atoms with Gasteiger partial charge in [-0.05, 0) is 19.8 Å². The van der Waals surface area contributed by atoms with E-state index in [9.17, 15) is 0 Å². The average Bonchev–Trinajstić information content (AvgIpc) is 1.96. The zero-order chi connectivity index (χ0) is 8.53. The molecule has 66 valence electrons. The van der Waals surface area contributed by atoms with Crippen LogP contribution in [0.4, 0.5) is 0 Å². The molecule has 0 bridgehead atoms. The first-order valence-electron chi connectivity index (χ1n) is 4.22. The number of hydrogen-bond acceptors (Lipinski definition) is 1. The summed E-state index contributed by atoms with van der Waals surface area (Å²) in [5.41, 5.74) is 1.06. The smallest absolute Gasteiger partial charge is 0.0223 e. The quantitative estimate of drug-likeness (QED) is 0.464. The summed E-state index contributed by atoms with van der Waals surface area (Å²) in [7, 11) is 0. The summed E-state index contributed by atoms with van der Waals surface area (Å²) in [5.74, 6) is 0.800. The monoisotopic (exact) mass is 175 g/mol. The molecule has 0 radical (unpaired) electrons. The molecule has 0 atom stereocenters. The highest BCUT2D eigenvalue weighted by Crippen LogP contribution is 2.00. The Morgan fingerprint density at radius 2 is 1.91 bits per heavy atom. The van der Waals surface area contributed by atoms with Crippen molar-refractivity contribution in [3.63, 3.8) is 0 Å². The molecule has 0 amide bonds. The lowest BCUT2D eigenvalue weighted by atomic mass is 10.2. The molecule has 0 aromatic rings. The zero-order valence-electron chi connectivity index (χ0n) is 7.33. The number of nitrogens with one attached hydrogen (secondary N) is 1. The van der Waals surface area contributed by atoms with Crippen LogP contribution in [0.25, 0.3) is 0 Å². The van der Waals surface area contributed by atoms with Gasteiger partial charge in [-0.3, -0.25) is 0 Å². The van der Waals surface area contributed by atoms with E-state index in [1.165, 1.54) is 19.3 Å².